The van der Waals surface area contributed by atoms with Crippen molar-refractivity contribution in [3.8, 4) is 11.5 Å². The van der Waals surface area contributed by atoms with E-state index in [2.05, 4.69) is 44.0 Å². The molecule has 0 aromatic heterocycles. The summed E-state index contributed by atoms with van der Waals surface area (Å²) in [6, 6.07) is 23.4. The van der Waals surface area contributed by atoms with Crippen LogP contribution in [0.25, 0.3) is 21.5 Å². The lowest BCUT2D eigenvalue weighted by Crippen LogP contribution is -1.84. The number of phenols is 1. The molecule has 4 heteroatoms. The Balaban J connectivity index is 0.000000146. The minimum Gasteiger partial charge on any atom is -0.507 e. The Kier molecular flexibility index (Phi) is 5.61. The maximum atomic E-state index is 9.47. The summed E-state index contributed by atoms with van der Waals surface area (Å²) >= 11 is 6.92. The lowest BCUT2D eigenvalue weighted by atomic mass is 10.1. The van der Waals surface area contributed by atoms with Crippen molar-refractivity contribution in [1.82, 2.24) is 0 Å². The van der Waals surface area contributed by atoms with Crippen molar-refractivity contribution >= 4 is 53.4 Å². The van der Waals surface area contributed by atoms with Crippen LogP contribution >= 0.6 is 31.9 Å². The van der Waals surface area contributed by atoms with Gasteiger partial charge in [0.05, 0.1) is 7.11 Å². The number of benzene rings is 4. The Bertz CT molecular complexity index is 987. The second-order valence-electron chi connectivity index (χ2n) is 5.41. The number of phenolic OH excluding ortho intramolecular Hbond substituents is 1. The van der Waals surface area contributed by atoms with Gasteiger partial charge in [-0.1, -0.05) is 80.4 Å². The highest BCUT2D eigenvalue weighted by Crippen LogP contribution is 2.30. The van der Waals surface area contributed by atoms with Gasteiger partial charge in [-0.2, -0.15) is 0 Å². The normalized spacial score (nSPS) is 10.4. The van der Waals surface area contributed by atoms with E-state index in [-0.39, 0.29) is 0 Å². The van der Waals surface area contributed by atoms with Crippen molar-refractivity contribution in [3.05, 3.63) is 81.7 Å². The SMILES string of the molecule is COc1cccc2c(Br)cccc12.Oc1cccc2c(Br)cccc12. The van der Waals surface area contributed by atoms with Crippen LogP contribution in [0.15, 0.2) is 81.7 Å². The molecule has 0 saturated heterocycles. The zero-order valence-electron chi connectivity index (χ0n) is 13.5. The Hall–Kier alpha value is -2.04. The first-order valence-electron chi connectivity index (χ1n) is 7.69. The standard InChI is InChI=1S/C11H9BrO.C10H7BrO/c1-13-11-7-3-4-8-9(11)5-2-6-10(8)12;11-9-5-1-4-8-7(9)3-2-6-10(8)12/h2-7H,1H3;1-6,12H. The number of methoxy groups -OCH3 is 1. The van der Waals surface area contributed by atoms with Crippen LogP contribution in [0.4, 0.5) is 0 Å². The second-order valence-corrected chi connectivity index (χ2v) is 7.12. The van der Waals surface area contributed by atoms with E-state index in [1.165, 1.54) is 5.39 Å². The Morgan fingerprint density at radius 3 is 1.72 bits per heavy atom. The van der Waals surface area contributed by atoms with E-state index in [0.29, 0.717) is 5.75 Å². The quantitative estimate of drug-likeness (QED) is 0.334. The second kappa shape index (κ2) is 7.89. The third kappa shape index (κ3) is 3.80. The zero-order valence-corrected chi connectivity index (χ0v) is 16.7. The predicted molar refractivity (Wildman–Crippen MR) is 112 cm³/mol. The van der Waals surface area contributed by atoms with E-state index in [1.807, 2.05) is 54.6 Å². The van der Waals surface area contributed by atoms with Crippen molar-refractivity contribution in [2.45, 2.75) is 0 Å². The topological polar surface area (TPSA) is 29.5 Å². The van der Waals surface area contributed by atoms with Crippen LogP contribution < -0.4 is 4.74 Å². The number of ether oxygens (including phenoxy) is 1. The fourth-order valence-corrected chi connectivity index (χ4v) is 3.67. The van der Waals surface area contributed by atoms with Gasteiger partial charge in [-0.3, -0.25) is 0 Å². The minimum absolute atomic E-state index is 0.328. The van der Waals surface area contributed by atoms with Crippen LogP contribution in [0.1, 0.15) is 0 Å². The van der Waals surface area contributed by atoms with Crippen molar-refractivity contribution in [1.29, 1.82) is 0 Å². The van der Waals surface area contributed by atoms with Gasteiger partial charge in [0, 0.05) is 19.7 Å². The van der Waals surface area contributed by atoms with Crippen LogP contribution in [0.2, 0.25) is 0 Å². The van der Waals surface area contributed by atoms with Gasteiger partial charge >= 0.3 is 0 Å². The highest BCUT2D eigenvalue weighted by atomic mass is 79.9. The molecule has 0 radical (unpaired) electrons. The number of aromatic hydroxyl groups is 1. The van der Waals surface area contributed by atoms with Gasteiger partial charge in [-0.25, -0.2) is 0 Å². The van der Waals surface area contributed by atoms with E-state index in [9.17, 15) is 5.11 Å². The van der Waals surface area contributed by atoms with Gasteiger partial charge in [-0.05, 0) is 35.0 Å². The Labute approximate surface area is 163 Å². The average molecular weight is 460 g/mol. The molecule has 0 aliphatic carbocycles. The lowest BCUT2D eigenvalue weighted by Gasteiger charge is -2.05. The molecular weight excluding hydrogens is 444 g/mol. The Morgan fingerprint density at radius 2 is 1.12 bits per heavy atom. The predicted octanol–water partition coefficient (Wildman–Crippen LogP) is 6.92. The van der Waals surface area contributed by atoms with Crippen LogP contribution in [0.5, 0.6) is 11.5 Å². The van der Waals surface area contributed by atoms with E-state index >= 15 is 0 Å². The van der Waals surface area contributed by atoms with Crippen LogP contribution in [-0.4, -0.2) is 12.2 Å². The number of halogens is 2. The molecule has 0 fully saturated rings. The fourth-order valence-electron chi connectivity index (χ4n) is 2.68. The monoisotopic (exact) mass is 458 g/mol. The molecule has 4 aromatic carbocycles. The maximum absolute atomic E-state index is 9.47. The first kappa shape index (κ1) is 17.8. The summed E-state index contributed by atoms with van der Waals surface area (Å²) in [5, 5.41) is 13.7. The summed E-state index contributed by atoms with van der Waals surface area (Å²) in [4.78, 5) is 0. The van der Waals surface area contributed by atoms with Crippen molar-refractivity contribution in [2.24, 2.45) is 0 Å². The molecule has 1 N–H and O–H groups in total. The van der Waals surface area contributed by atoms with E-state index in [1.54, 1.807) is 13.2 Å². The minimum atomic E-state index is 0.328. The molecule has 4 rings (SSSR count). The molecule has 2 nitrogen and oxygen atoms in total. The van der Waals surface area contributed by atoms with Crippen molar-refractivity contribution in [3.63, 3.8) is 0 Å². The number of hydrogen-bond acceptors (Lipinski definition) is 2. The molecular formula is C21H16Br2O2. The molecule has 0 aliphatic rings. The van der Waals surface area contributed by atoms with Crippen LogP contribution in [-0.2, 0) is 0 Å². The number of rotatable bonds is 1. The molecule has 0 bridgehead atoms. The number of hydrogen-bond donors (Lipinski definition) is 1. The summed E-state index contributed by atoms with van der Waals surface area (Å²) in [7, 11) is 1.69. The van der Waals surface area contributed by atoms with Gasteiger partial charge in [-0.15, -0.1) is 0 Å². The van der Waals surface area contributed by atoms with Gasteiger partial charge in [0.25, 0.3) is 0 Å². The smallest absolute Gasteiger partial charge is 0.126 e. The third-order valence-corrected chi connectivity index (χ3v) is 5.28. The van der Waals surface area contributed by atoms with Crippen LogP contribution in [0, 0.1) is 0 Å². The summed E-state index contributed by atoms with van der Waals surface area (Å²) in [5.74, 6) is 1.24. The van der Waals surface area contributed by atoms with Crippen LogP contribution in [0.3, 0.4) is 0 Å². The summed E-state index contributed by atoms with van der Waals surface area (Å²) < 4.78 is 7.37. The van der Waals surface area contributed by atoms with Crippen molar-refractivity contribution < 1.29 is 9.84 Å². The maximum Gasteiger partial charge on any atom is 0.126 e. The lowest BCUT2D eigenvalue weighted by molar-refractivity contribution is 0.420. The van der Waals surface area contributed by atoms with E-state index in [4.69, 9.17) is 4.74 Å². The summed E-state index contributed by atoms with van der Waals surface area (Å²) in [6.07, 6.45) is 0. The molecule has 0 aliphatic heterocycles. The third-order valence-electron chi connectivity index (χ3n) is 3.89. The molecule has 0 spiro atoms. The molecule has 0 atom stereocenters. The fraction of sp³-hybridized carbons (Fsp3) is 0.0476. The largest absolute Gasteiger partial charge is 0.507 e. The first-order valence-corrected chi connectivity index (χ1v) is 9.28. The van der Waals surface area contributed by atoms with E-state index < -0.39 is 0 Å². The molecule has 0 saturated carbocycles. The molecule has 126 valence electrons. The molecule has 25 heavy (non-hydrogen) atoms. The van der Waals surface area contributed by atoms with Gasteiger partial charge in [0.2, 0.25) is 0 Å². The zero-order chi connectivity index (χ0) is 17.8. The van der Waals surface area contributed by atoms with Gasteiger partial charge in [0.1, 0.15) is 11.5 Å². The number of fused-ring (bicyclic) bond motifs is 2. The molecule has 0 amide bonds. The highest BCUT2D eigenvalue weighted by Gasteiger charge is 2.02. The van der Waals surface area contributed by atoms with E-state index in [0.717, 1.165) is 30.9 Å². The first-order chi connectivity index (χ1) is 12.1. The summed E-state index contributed by atoms with van der Waals surface area (Å²) in [6.45, 7) is 0. The molecule has 0 heterocycles. The van der Waals surface area contributed by atoms with Gasteiger partial charge < -0.3 is 9.84 Å². The van der Waals surface area contributed by atoms with Gasteiger partial charge in [0.15, 0.2) is 0 Å². The summed E-state index contributed by atoms with van der Waals surface area (Å²) in [5.41, 5.74) is 0. The molecule has 0 unspecified atom stereocenters. The Morgan fingerprint density at radius 1 is 0.640 bits per heavy atom. The average Bonchev–Trinajstić information content (AvgIpc) is 2.63. The molecule has 4 aromatic rings. The van der Waals surface area contributed by atoms with Crippen molar-refractivity contribution in [2.75, 3.05) is 7.11 Å². The highest BCUT2D eigenvalue weighted by molar-refractivity contribution is 9.11.